The van der Waals surface area contributed by atoms with Crippen molar-refractivity contribution in [2.75, 3.05) is 13.2 Å². The van der Waals surface area contributed by atoms with E-state index in [9.17, 15) is 4.79 Å². The quantitative estimate of drug-likeness (QED) is 0.702. The average molecular weight is 209 g/mol. The minimum atomic E-state index is -0.794. The molecule has 0 aliphatic carbocycles. The summed E-state index contributed by atoms with van der Waals surface area (Å²) in [5.74, 6) is 0.345. The second-order valence-electron chi connectivity index (χ2n) is 3.96. The first kappa shape index (κ1) is 10.3. The van der Waals surface area contributed by atoms with Gasteiger partial charge in [0, 0.05) is 32.7 Å². The summed E-state index contributed by atoms with van der Waals surface area (Å²) in [6, 6.07) is 0. The molecule has 0 atom stereocenters. The van der Waals surface area contributed by atoms with Gasteiger partial charge in [0.1, 0.15) is 0 Å². The number of hydrogen-bond acceptors (Lipinski definition) is 4. The molecular formula is C10H15N3O2. The van der Waals surface area contributed by atoms with Crippen molar-refractivity contribution in [2.45, 2.75) is 18.4 Å². The molecule has 5 nitrogen and oxygen atoms in total. The lowest BCUT2D eigenvalue weighted by Crippen LogP contribution is -2.52. The maximum Gasteiger partial charge on any atom is 0.218 e. The molecule has 2 heterocycles. The highest BCUT2D eigenvalue weighted by molar-refractivity contribution is 6.00. The van der Waals surface area contributed by atoms with Crippen LogP contribution in [0.25, 0.3) is 0 Å². The maximum atomic E-state index is 12.1. The molecule has 0 saturated carbocycles. The van der Waals surface area contributed by atoms with E-state index in [1.807, 2.05) is 0 Å². The molecule has 0 radical (unpaired) electrons. The van der Waals surface area contributed by atoms with Crippen LogP contribution in [-0.2, 0) is 11.8 Å². The van der Waals surface area contributed by atoms with E-state index in [1.54, 1.807) is 24.0 Å². The standard InChI is InChI=1S/C10H15N3O2/c1-13-5-4-12-9(13)8(14)10(11)2-6-15-7-3-10/h4-5H,2-3,6-7,11H2,1H3. The lowest BCUT2D eigenvalue weighted by atomic mass is 9.86. The molecule has 1 aromatic heterocycles. The van der Waals surface area contributed by atoms with Gasteiger partial charge in [-0.05, 0) is 12.8 Å². The van der Waals surface area contributed by atoms with E-state index in [-0.39, 0.29) is 5.78 Å². The van der Waals surface area contributed by atoms with Crippen molar-refractivity contribution in [1.29, 1.82) is 0 Å². The van der Waals surface area contributed by atoms with Crippen molar-refractivity contribution in [2.24, 2.45) is 12.8 Å². The van der Waals surface area contributed by atoms with Crippen molar-refractivity contribution < 1.29 is 9.53 Å². The third kappa shape index (κ3) is 1.80. The van der Waals surface area contributed by atoms with Crippen LogP contribution in [0.4, 0.5) is 0 Å². The van der Waals surface area contributed by atoms with Gasteiger partial charge in [0.15, 0.2) is 5.82 Å². The monoisotopic (exact) mass is 209 g/mol. The number of carbonyl (C=O) groups excluding carboxylic acids is 1. The van der Waals surface area contributed by atoms with E-state index < -0.39 is 5.54 Å². The Labute approximate surface area is 88.2 Å². The average Bonchev–Trinajstić information content (AvgIpc) is 2.64. The molecule has 2 rings (SSSR count). The van der Waals surface area contributed by atoms with Crippen LogP contribution in [0.1, 0.15) is 23.5 Å². The van der Waals surface area contributed by atoms with Crippen molar-refractivity contribution in [3.63, 3.8) is 0 Å². The lowest BCUT2D eigenvalue weighted by Gasteiger charge is -2.31. The van der Waals surface area contributed by atoms with Crippen LogP contribution in [0.15, 0.2) is 12.4 Å². The van der Waals surface area contributed by atoms with E-state index >= 15 is 0 Å². The molecule has 0 unspecified atom stereocenters. The molecule has 1 saturated heterocycles. The Kier molecular flexibility index (Phi) is 2.58. The summed E-state index contributed by atoms with van der Waals surface area (Å²) < 4.78 is 6.90. The highest BCUT2D eigenvalue weighted by Gasteiger charge is 2.38. The number of nitrogens with zero attached hydrogens (tertiary/aromatic N) is 2. The Morgan fingerprint density at radius 3 is 2.80 bits per heavy atom. The van der Waals surface area contributed by atoms with Crippen LogP contribution in [0.3, 0.4) is 0 Å². The zero-order chi connectivity index (χ0) is 10.9. The number of Topliss-reactive ketones (excluding diaryl/α,β-unsaturated/α-hetero) is 1. The molecule has 82 valence electrons. The zero-order valence-corrected chi connectivity index (χ0v) is 8.77. The topological polar surface area (TPSA) is 70.1 Å². The second-order valence-corrected chi connectivity index (χ2v) is 3.96. The van der Waals surface area contributed by atoms with Gasteiger partial charge in [-0.25, -0.2) is 4.98 Å². The summed E-state index contributed by atoms with van der Waals surface area (Å²) in [6.07, 6.45) is 4.49. The molecule has 5 heteroatoms. The normalized spacial score (nSPS) is 20.1. The summed E-state index contributed by atoms with van der Waals surface area (Å²) in [4.78, 5) is 16.2. The Morgan fingerprint density at radius 2 is 2.27 bits per heavy atom. The predicted molar refractivity (Wildman–Crippen MR) is 54.5 cm³/mol. The summed E-state index contributed by atoms with van der Waals surface area (Å²) >= 11 is 0. The maximum absolute atomic E-state index is 12.1. The Balaban J connectivity index is 2.23. The molecule has 2 N–H and O–H groups in total. The van der Waals surface area contributed by atoms with Gasteiger partial charge < -0.3 is 15.0 Å². The molecule has 0 bridgehead atoms. The van der Waals surface area contributed by atoms with Gasteiger partial charge in [0.2, 0.25) is 5.78 Å². The van der Waals surface area contributed by atoms with Gasteiger partial charge in [-0.15, -0.1) is 0 Å². The third-order valence-corrected chi connectivity index (χ3v) is 2.86. The van der Waals surface area contributed by atoms with Crippen LogP contribution in [0, 0.1) is 0 Å². The molecular weight excluding hydrogens is 194 g/mol. The molecule has 0 aromatic carbocycles. The Bertz CT molecular complexity index is 366. The van der Waals surface area contributed by atoms with Gasteiger partial charge in [-0.3, -0.25) is 4.79 Å². The third-order valence-electron chi connectivity index (χ3n) is 2.86. The number of carbonyl (C=O) groups is 1. The van der Waals surface area contributed by atoms with E-state index in [4.69, 9.17) is 10.5 Å². The van der Waals surface area contributed by atoms with Gasteiger partial charge >= 0.3 is 0 Å². The number of ketones is 1. The molecule has 0 spiro atoms. The van der Waals surface area contributed by atoms with Gasteiger partial charge in [-0.2, -0.15) is 0 Å². The Morgan fingerprint density at radius 1 is 1.60 bits per heavy atom. The molecule has 1 aliphatic rings. The summed E-state index contributed by atoms with van der Waals surface area (Å²) in [5, 5.41) is 0. The summed E-state index contributed by atoms with van der Waals surface area (Å²) in [7, 11) is 1.79. The SMILES string of the molecule is Cn1ccnc1C(=O)C1(N)CCOCC1. The lowest BCUT2D eigenvalue weighted by molar-refractivity contribution is 0.0439. The number of ether oxygens (including phenoxy) is 1. The van der Waals surface area contributed by atoms with Crippen LogP contribution < -0.4 is 5.73 Å². The Hall–Kier alpha value is -1.20. The fraction of sp³-hybridized carbons (Fsp3) is 0.600. The highest BCUT2D eigenvalue weighted by Crippen LogP contribution is 2.21. The van der Waals surface area contributed by atoms with Gasteiger partial charge in [0.05, 0.1) is 5.54 Å². The fourth-order valence-corrected chi connectivity index (χ4v) is 1.77. The number of nitrogens with two attached hydrogens (primary N) is 1. The molecule has 15 heavy (non-hydrogen) atoms. The molecule has 1 fully saturated rings. The van der Waals surface area contributed by atoms with Crippen LogP contribution in [0.2, 0.25) is 0 Å². The first-order chi connectivity index (χ1) is 7.13. The smallest absolute Gasteiger partial charge is 0.218 e. The number of aryl methyl sites for hydroxylation is 1. The zero-order valence-electron chi connectivity index (χ0n) is 8.77. The van der Waals surface area contributed by atoms with Crippen molar-refractivity contribution in [3.05, 3.63) is 18.2 Å². The number of imidazole rings is 1. The minimum absolute atomic E-state index is 0.0849. The largest absolute Gasteiger partial charge is 0.381 e. The number of aromatic nitrogens is 2. The summed E-state index contributed by atoms with van der Waals surface area (Å²) in [5.41, 5.74) is 5.29. The van der Waals surface area contributed by atoms with Crippen molar-refractivity contribution in [3.8, 4) is 0 Å². The van der Waals surface area contributed by atoms with Crippen molar-refractivity contribution in [1.82, 2.24) is 9.55 Å². The van der Waals surface area contributed by atoms with E-state index in [2.05, 4.69) is 4.98 Å². The van der Waals surface area contributed by atoms with E-state index in [0.717, 1.165) is 0 Å². The van der Waals surface area contributed by atoms with Gasteiger partial charge in [0.25, 0.3) is 0 Å². The van der Waals surface area contributed by atoms with Crippen LogP contribution in [-0.4, -0.2) is 34.1 Å². The van der Waals surface area contributed by atoms with E-state index in [1.165, 1.54) is 0 Å². The first-order valence-corrected chi connectivity index (χ1v) is 5.02. The van der Waals surface area contributed by atoms with Gasteiger partial charge in [-0.1, -0.05) is 0 Å². The highest BCUT2D eigenvalue weighted by atomic mass is 16.5. The second kappa shape index (κ2) is 3.75. The predicted octanol–water partition coefficient (Wildman–Crippen LogP) is 0.111. The van der Waals surface area contributed by atoms with Crippen LogP contribution >= 0.6 is 0 Å². The molecule has 0 amide bonds. The fourth-order valence-electron chi connectivity index (χ4n) is 1.77. The van der Waals surface area contributed by atoms with Crippen LogP contribution in [0.5, 0.6) is 0 Å². The van der Waals surface area contributed by atoms with Crippen molar-refractivity contribution >= 4 is 5.78 Å². The number of hydrogen-bond donors (Lipinski definition) is 1. The summed E-state index contributed by atoms with van der Waals surface area (Å²) in [6.45, 7) is 1.10. The molecule has 1 aliphatic heterocycles. The first-order valence-electron chi connectivity index (χ1n) is 5.02. The van der Waals surface area contributed by atoms with E-state index in [0.29, 0.717) is 31.9 Å². The minimum Gasteiger partial charge on any atom is -0.381 e. The number of rotatable bonds is 2. The molecule has 1 aromatic rings.